The number of ether oxygens (including phenoxy) is 1. The second-order valence-corrected chi connectivity index (χ2v) is 5.89. The normalized spacial score (nSPS) is 12.2. The monoisotopic (exact) mass is 374 g/mol. The van der Waals surface area contributed by atoms with Crippen molar-refractivity contribution in [3.05, 3.63) is 62.0 Å². The fraction of sp³-hybridized carbons (Fsp3) is 0.200. The summed E-state index contributed by atoms with van der Waals surface area (Å²) in [6.45, 7) is 2.51. The molecule has 0 saturated heterocycles. The summed E-state index contributed by atoms with van der Waals surface area (Å²) >= 11 is 15.4. The summed E-state index contributed by atoms with van der Waals surface area (Å²) in [5.74, 6) is 0.741. The Kier molecular flexibility index (Phi) is 5.33. The Hall–Kier alpha value is -0.740. The van der Waals surface area contributed by atoms with Crippen molar-refractivity contribution >= 4 is 39.1 Å². The van der Waals surface area contributed by atoms with Crippen LogP contribution in [-0.2, 0) is 0 Å². The molecule has 1 atom stereocenters. The molecule has 0 saturated carbocycles. The SMILES string of the molecule is CCOc1ccc(C(O)c2ccc(Cl)cc2Cl)cc1Br. The summed E-state index contributed by atoms with van der Waals surface area (Å²) < 4.78 is 6.24. The number of hydrogen-bond acceptors (Lipinski definition) is 2. The lowest BCUT2D eigenvalue weighted by Crippen LogP contribution is -2.01. The lowest BCUT2D eigenvalue weighted by atomic mass is 10.0. The molecule has 0 aromatic heterocycles. The average Bonchev–Trinajstić information content (AvgIpc) is 2.40. The highest BCUT2D eigenvalue weighted by Crippen LogP contribution is 2.34. The molecule has 0 heterocycles. The third kappa shape index (κ3) is 3.47. The third-order valence-corrected chi connectivity index (χ3v) is 4.01. The van der Waals surface area contributed by atoms with E-state index in [2.05, 4.69) is 15.9 Å². The maximum Gasteiger partial charge on any atom is 0.133 e. The van der Waals surface area contributed by atoms with E-state index in [1.54, 1.807) is 18.2 Å². The fourth-order valence-corrected chi connectivity index (χ4v) is 2.89. The minimum Gasteiger partial charge on any atom is -0.493 e. The van der Waals surface area contributed by atoms with Crippen molar-refractivity contribution in [3.8, 4) is 5.75 Å². The van der Waals surface area contributed by atoms with E-state index >= 15 is 0 Å². The van der Waals surface area contributed by atoms with E-state index in [0.717, 1.165) is 15.8 Å². The molecule has 1 unspecified atom stereocenters. The van der Waals surface area contributed by atoms with Gasteiger partial charge in [-0.05, 0) is 52.7 Å². The molecular weight excluding hydrogens is 363 g/mol. The van der Waals surface area contributed by atoms with Crippen molar-refractivity contribution in [2.24, 2.45) is 0 Å². The first-order valence-corrected chi connectivity index (χ1v) is 7.63. The summed E-state index contributed by atoms with van der Waals surface area (Å²) in [5.41, 5.74) is 1.34. The van der Waals surface area contributed by atoms with Crippen LogP contribution in [0.4, 0.5) is 0 Å². The molecule has 0 fully saturated rings. The van der Waals surface area contributed by atoms with Gasteiger partial charge in [-0.3, -0.25) is 0 Å². The van der Waals surface area contributed by atoms with Crippen LogP contribution in [0.5, 0.6) is 5.75 Å². The molecule has 0 radical (unpaired) electrons. The van der Waals surface area contributed by atoms with Crippen molar-refractivity contribution < 1.29 is 9.84 Å². The van der Waals surface area contributed by atoms with Gasteiger partial charge in [0.1, 0.15) is 11.9 Å². The summed E-state index contributed by atoms with van der Waals surface area (Å²) in [6.07, 6.45) is -0.813. The van der Waals surface area contributed by atoms with Crippen molar-refractivity contribution in [2.75, 3.05) is 6.61 Å². The van der Waals surface area contributed by atoms with Crippen LogP contribution in [0.1, 0.15) is 24.2 Å². The first-order chi connectivity index (χ1) is 9.52. The zero-order valence-corrected chi connectivity index (χ0v) is 13.8. The second kappa shape index (κ2) is 6.81. The largest absolute Gasteiger partial charge is 0.493 e. The van der Waals surface area contributed by atoms with E-state index in [1.807, 2.05) is 25.1 Å². The van der Waals surface area contributed by atoms with Gasteiger partial charge in [-0.2, -0.15) is 0 Å². The Morgan fingerprint density at radius 1 is 1.20 bits per heavy atom. The van der Waals surface area contributed by atoms with Gasteiger partial charge in [0.2, 0.25) is 0 Å². The Balaban J connectivity index is 2.33. The first-order valence-electron chi connectivity index (χ1n) is 6.08. The summed E-state index contributed by atoms with van der Waals surface area (Å²) in [7, 11) is 0. The molecule has 2 aromatic rings. The van der Waals surface area contributed by atoms with E-state index in [4.69, 9.17) is 27.9 Å². The number of hydrogen-bond donors (Lipinski definition) is 1. The van der Waals surface area contributed by atoms with Gasteiger partial charge in [0, 0.05) is 15.6 Å². The van der Waals surface area contributed by atoms with Gasteiger partial charge in [0.05, 0.1) is 11.1 Å². The van der Waals surface area contributed by atoms with Crippen LogP contribution in [0, 0.1) is 0 Å². The molecule has 0 bridgehead atoms. The second-order valence-electron chi connectivity index (χ2n) is 4.19. The molecule has 0 aliphatic heterocycles. The predicted molar refractivity (Wildman–Crippen MR) is 85.8 cm³/mol. The highest BCUT2D eigenvalue weighted by Gasteiger charge is 2.15. The Labute approximate surface area is 136 Å². The van der Waals surface area contributed by atoms with Crippen molar-refractivity contribution in [1.29, 1.82) is 0 Å². The Morgan fingerprint density at radius 3 is 2.55 bits per heavy atom. The topological polar surface area (TPSA) is 29.5 Å². The highest BCUT2D eigenvalue weighted by atomic mass is 79.9. The Bertz CT molecular complexity index is 617. The summed E-state index contributed by atoms with van der Waals surface area (Å²) in [6, 6.07) is 10.5. The quantitative estimate of drug-likeness (QED) is 0.792. The minimum atomic E-state index is -0.813. The number of halogens is 3. The van der Waals surface area contributed by atoms with E-state index in [0.29, 0.717) is 22.2 Å². The average molecular weight is 376 g/mol. The predicted octanol–water partition coefficient (Wildman–Crippen LogP) is 5.24. The van der Waals surface area contributed by atoms with E-state index < -0.39 is 6.10 Å². The number of aliphatic hydroxyl groups is 1. The van der Waals surface area contributed by atoms with Gasteiger partial charge in [-0.1, -0.05) is 35.3 Å². The molecule has 0 spiro atoms. The molecule has 20 heavy (non-hydrogen) atoms. The highest BCUT2D eigenvalue weighted by molar-refractivity contribution is 9.10. The molecule has 106 valence electrons. The van der Waals surface area contributed by atoms with E-state index in [-0.39, 0.29) is 0 Å². The van der Waals surface area contributed by atoms with Crippen molar-refractivity contribution in [3.63, 3.8) is 0 Å². The van der Waals surface area contributed by atoms with Crippen LogP contribution in [0.2, 0.25) is 10.0 Å². The molecule has 2 nitrogen and oxygen atoms in total. The third-order valence-electron chi connectivity index (χ3n) is 2.83. The van der Waals surface area contributed by atoms with Crippen LogP contribution in [0.3, 0.4) is 0 Å². The lowest BCUT2D eigenvalue weighted by Gasteiger charge is -2.15. The van der Waals surface area contributed by atoms with Crippen molar-refractivity contribution in [2.45, 2.75) is 13.0 Å². The molecular formula is C15H13BrCl2O2. The summed E-state index contributed by atoms with van der Waals surface area (Å²) in [5, 5.41) is 11.4. The standard InChI is InChI=1S/C15H13BrCl2O2/c1-2-20-14-6-3-9(7-12(14)16)15(19)11-5-4-10(17)8-13(11)18/h3-8,15,19H,2H2,1H3. The molecule has 2 rings (SSSR count). The zero-order chi connectivity index (χ0) is 14.7. The number of rotatable bonds is 4. The van der Waals surface area contributed by atoms with Gasteiger partial charge in [-0.15, -0.1) is 0 Å². The van der Waals surface area contributed by atoms with Gasteiger partial charge in [0.25, 0.3) is 0 Å². The zero-order valence-electron chi connectivity index (χ0n) is 10.7. The maximum atomic E-state index is 10.4. The van der Waals surface area contributed by atoms with Crippen molar-refractivity contribution in [1.82, 2.24) is 0 Å². The number of aliphatic hydroxyl groups excluding tert-OH is 1. The van der Waals surface area contributed by atoms with Gasteiger partial charge in [-0.25, -0.2) is 0 Å². The van der Waals surface area contributed by atoms with Crippen LogP contribution >= 0.6 is 39.1 Å². The Morgan fingerprint density at radius 2 is 1.95 bits per heavy atom. The fourth-order valence-electron chi connectivity index (χ4n) is 1.86. The van der Waals surface area contributed by atoms with Crippen LogP contribution in [0.25, 0.3) is 0 Å². The minimum absolute atomic E-state index is 0.440. The molecule has 0 aliphatic rings. The molecule has 0 amide bonds. The van der Waals surface area contributed by atoms with Crippen LogP contribution < -0.4 is 4.74 Å². The maximum absolute atomic E-state index is 10.4. The molecule has 1 N–H and O–H groups in total. The van der Waals surface area contributed by atoms with Crippen LogP contribution in [0.15, 0.2) is 40.9 Å². The molecule has 5 heteroatoms. The van der Waals surface area contributed by atoms with Gasteiger partial charge in [0.15, 0.2) is 0 Å². The molecule has 2 aromatic carbocycles. The smallest absolute Gasteiger partial charge is 0.133 e. The molecule has 0 aliphatic carbocycles. The first kappa shape index (κ1) is 15.6. The lowest BCUT2D eigenvalue weighted by molar-refractivity contribution is 0.220. The summed E-state index contributed by atoms with van der Waals surface area (Å²) in [4.78, 5) is 0. The van der Waals surface area contributed by atoms with E-state index in [9.17, 15) is 5.11 Å². The van der Waals surface area contributed by atoms with E-state index in [1.165, 1.54) is 0 Å². The number of benzene rings is 2. The van der Waals surface area contributed by atoms with Gasteiger partial charge >= 0.3 is 0 Å². The van der Waals surface area contributed by atoms with Crippen LogP contribution in [-0.4, -0.2) is 11.7 Å². The van der Waals surface area contributed by atoms with Gasteiger partial charge < -0.3 is 9.84 Å².